The second-order valence-corrected chi connectivity index (χ2v) is 5.55. The molecule has 22 heavy (non-hydrogen) atoms. The molecule has 0 unspecified atom stereocenters. The molecule has 0 saturated carbocycles. The van der Waals surface area contributed by atoms with Crippen molar-refractivity contribution in [3.05, 3.63) is 35.4 Å². The van der Waals surface area contributed by atoms with Crippen LogP contribution in [0.4, 0.5) is 13.2 Å². The van der Waals surface area contributed by atoms with E-state index in [0.29, 0.717) is 18.4 Å². The number of rotatable bonds is 6. The molecule has 0 aromatic heterocycles. The third-order valence-corrected chi connectivity index (χ3v) is 4.22. The highest BCUT2D eigenvalue weighted by molar-refractivity contribution is 5.82. The molecule has 0 bridgehead atoms. The maximum Gasteiger partial charge on any atom is 0.416 e. The van der Waals surface area contributed by atoms with Crippen LogP contribution in [0.5, 0.6) is 0 Å². The van der Waals surface area contributed by atoms with Gasteiger partial charge in [-0.15, -0.1) is 0 Å². The fourth-order valence-electron chi connectivity index (χ4n) is 2.52. The van der Waals surface area contributed by atoms with Crippen molar-refractivity contribution in [3.8, 4) is 0 Å². The molecule has 0 spiro atoms. The van der Waals surface area contributed by atoms with E-state index in [-0.39, 0.29) is 19.0 Å². The Balaban J connectivity index is 2.93. The molecular weight excluding hydrogens is 293 g/mol. The SMILES string of the molecule is CCC(CC)(CN)C(=O)N(C)Cc1cccc(C(F)(F)F)c1. The van der Waals surface area contributed by atoms with Gasteiger partial charge in [0.05, 0.1) is 11.0 Å². The monoisotopic (exact) mass is 316 g/mol. The Morgan fingerprint density at radius 3 is 2.27 bits per heavy atom. The van der Waals surface area contributed by atoms with E-state index >= 15 is 0 Å². The highest BCUT2D eigenvalue weighted by atomic mass is 19.4. The lowest BCUT2D eigenvalue weighted by Crippen LogP contribution is -2.45. The van der Waals surface area contributed by atoms with Crippen LogP contribution < -0.4 is 5.73 Å². The van der Waals surface area contributed by atoms with Crippen LogP contribution in [0.15, 0.2) is 24.3 Å². The number of nitrogens with two attached hydrogens (primary N) is 1. The van der Waals surface area contributed by atoms with Gasteiger partial charge in [-0.25, -0.2) is 0 Å². The van der Waals surface area contributed by atoms with Crippen molar-refractivity contribution >= 4 is 5.91 Å². The molecule has 0 fully saturated rings. The lowest BCUT2D eigenvalue weighted by molar-refractivity contribution is -0.141. The van der Waals surface area contributed by atoms with E-state index in [1.165, 1.54) is 11.0 Å². The predicted molar refractivity (Wildman–Crippen MR) is 80.0 cm³/mol. The Morgan fingerprint density at radius 2 is 1.82 bits per heavy atom. The number of nitrogens with zero attached hydrogens (tertiary/aromatic N) is 1. The molecule has 0 radical (unpaired) electrons. The summed E-state index contributed by atoms with van der Waals surface area (Å²) in [5.74, 6) is -0.127. The van der Waals surface area contributed by atoms with Gasteiger partial charge >= 0.3 is 6.18 Å². The van der Waals surface area contributed by atoms with Crippen LogP contribution in [-0.4, -0.2) is 24.4 Å². The quantitative estimate of drug-likeness (QED) is 0.874. The summed E-state index contributed by atoms with van der Waals surface area (Å²) in [6, 6.07) is 5.03. The average Bonchev–Trinajstić information content (AvgIpc) is 2.48. The summed E-state index contributed by atoms with van der Waals surface area (Å²) in [5.41, 5.74) is 4.84. The van der Waals surface area contributed by atoms with Crippen LogP contribution in [0, 0.1) is 5.41 Å². The molecule has 0 heterocycles. The van der Waals surface area contributed by atoms with Crippen LogP contribution >= 0.6 is 0 Å². The van der Waals surface area contributed by atoms with Gasteiger partial charge in [-0.2, -0.15) is 13.2 Å². The molecule has 1 aromatic carbocycles. The van der Waals surface area contributed by atoms with E-state index in [0.717, 1.165) is 12.1 Å². The fraction of sp³-hybridized carbons (Fsp3) is 0.562. The lowest BCUT2D eigenvalue weighted by atomic mass is 9.81. The molecule has 1 rings (SSSR count). The largest absolute Gasteiger partial charge is 0.416 e. The molecule has 0 aliphatic heterocycles. The first-order valence-corrected chi connectivity index (χ1v) is 7.32. The average molecular weight is 316 g/mol. The normalized spacial score (nSPS) is 12.3. The number of amides is 1. The number of carbonyl (C=O) groups excluding carboxylic acids is 1. The minimum absolute atomic E-state index is 0.127. The molecular formula is C16H23F3N2O. The van der Waals surface area contributed by atoms with Crippen molar-refractivity contribution in [1.82, 2.24) is 4.90 Å². The Hall–Kier alpha value is -1.56. The van der Waals surface area contributed by atoms with Crippen LogP contribution in [0.2, 0.25) is 0 Å². The molecule has 0 aliphatic carbocycles. The van der Waals surface area contributed by atoms with Gasteiger partial charge in [-0.05, 0) is 30.5 Å². The Kier molecular flexibility index (Phi) is 6.00. The van der Waals surface area contributed by atoms with E-state index in [9.17, 15) is 18.0 Å². The van der Waals surface area contributed by atoms with Gasteiger partial charge in [0, 0.05) is 20.1 Å². The van der Waals surface area contributed by atoms with Gasteiger partial charge < -0.3 is 10.6 Å². The first-order valence-electron chi connectivity index (χ1n) is 7.32. The lowest BCUT2D eigenvalue weighted by Gasteiger charge is -2.33. The molecule has 3 nitrogen and oxygen atoms in total. The van der Waals surface area contributed by atoms with Gasteiger partial charge in [0.2, 0.25) is 5.91 Å². The van der Waals surface area contributed by atoms with E-state index < -0.39 is 17.2 Å². The smallest absolute Gasteiger partial charge is 0.341 e. The Bertz CT molecular complexity index is 502. The van der Waals surface area contributed by atoms with Crippen molar-refractivity contribution in [2.75, 3.05) is 13.6 Å². The van der Waals surface area contributed by atoms with E-state index in [1.54, 1.807) is 13.1 Å². The zero-order chi connectivity index (χ0) is 17.0. The molecule has 0 aliphatic rings. The molecule has 1 amide bonds. The van der Waals surface area contributed by atoms with Crippen molar-refractivity contribution < 1.29 is 18.0 Å². The van der Waals surface area contributed by atoms with Crippen molar-refractivity contribution in [1.29, 1.82) is 0 Å². The third kappa shape index (κ3) is 4.00. The second-order valence-electron chi connectivity index (χ2n) is 5.55. The summed E-state index contributed by atoms with van der Waals surface area (Å²) >= 11 is 0. The maximum absolute atomic E-state index is 12.7. The first-order chi connectivity index (χ1) is 10.2. The highest BCUT2D eigenvalue weighted by Gasteiger charge is 2.36. The molecule has 6 heteroatoms. The van der Waals surface area contributed by atoms with Gasteiger partial charge in [-0.1, -0.05) is 26.0 Å². The van der Waals surface area contributed by atoms with E-state index in [4.69, 9.17) is 5.73 Å². The minimum atomic E-state index is -4.38. The summed E-state index contributed by atoms with van der Waals surface area (Å²) in [6.45, 7) is 4.15. The molecule has 1 aromatic rings. The van der Waals surface area contributed by atoms with Crippen molar-refractivity contribution in [2.45, 2.75) is 39.4 Å². The predicted octanol–water partition coefficient (Wildman–Crippen LogP) is 3.43. The van der Waals surface area contributed by atoms with E-state index in [2.05, 4.69) is 0 Å². The topological polar surface area (TPSA) is 46.3 Å². The van der Waals surface area contributed by atoms with Gasteiger partial charge in [0.25, 0.3) is 0 Å². The standard InChI is InChI=1S/C16H23F3N2O/c1-4-15(5-2,11-20)14(22)21(3)10-12-7-6-8-13(9-12)16(17,18)19/h6-9H,4-5,10-11,20H2,1-3H3. The summed E-state index contributed by atoms with van der Waals surface area (Å²) in [4.78, 5) is 14.0. The van der Waals surface area contributed by atoms with Gasteiger partial charge in [-0.3, -0.25) is 4.79 Å². The fourth-order valence-corrected chi connectivity index (χ4v) is 2.52. The number of hydrogen-bond donors (Lipinski definition) is 1. The molecule has 124 valence electrons. The summed E-state index contributed by atoms with van der Waals surface area (Å²) in [7, 11) is 1.60. The summed E-state index contributed by atoms with van der Waals surface area (Å²) < 4.78 is 38.2. The van der Waals surface area contributed by atoms with Crippen LogP contribution in [0.25, 0.3) is 0 Å². The van der Waals surface area contributed by atoms with Gasteiger partial charge in [0.15, 0.2) is 0 Å². The van der Waals surface area contributed by atoms with E-state index in [1.807, 2.05) is 13.8 Å². The number of carbonyl (C=O) groups is 1. The maximum atomic E-state index is 12.7. The summed E-state index contributed by atoms with van der Waals surface area (Å²) in [6.07, 6.45) is -3.18. The second kappa shape index (κ2) is 7.13. The van der Waals surface area contributed by atoms with Gasteiger partial charge in [0.1, 0.15) is 0 Å². The minimum Gasteiger partial charge on any atom is -0.341 e. The number of hydrogen-bond acceptors (Lipinski definition) is 2. The molecule has 0 atom stereocenters. The summed E-state index contributed by atoms with van der Waals surface area (Å²) in [5, 5.41) is 0. The number of benzene rings is 1. The number of alkyl halides is 3. The zero-order valence-corrected chi connectivity index (χ0v) is 13.2. The number of halogens is 3. The molecule has 0 saturated heterocycles. The molecule has 2 N–H and O–H groups in total. The zero-order valence-electron chi connectivity index (χ0n) is 13.2. The third-order valence-electron chi connectivity index (χ3n) is 4.22. The van der Waals surface area contributed by atoms with Crippen LogP contribution in [0.1, 0.15) is 37.8 Å². The van der Waals surface area contributed by atoms with Crippen molar-refractivity contribution in [2.24, 2.45) is 11.1 Å². The van der Waals surface area contributed by atoms with Crippen LogP contribution in [-0.2, 0) is 17.5 Å². The Labute approximate surface area is 129 Å². The first kappa shape index (κ1) is 18.5. The van der Waals surface area contributed by atoms with Crippen LogP contribution in [0.3, 0.4) is 0 Å². The highest BCUT2D eigenvalue weighted by Crippen LogP contribution is 2.31. The Morgan fingerprint density at radius 1 is 1.23 bits per heavy atom. The van der Waals surface area contributed by atoms with Crippen molar-refractivity contribution in [3.63, 3.8) is 0 Å².